The molecule has 1 aromatic rings. The van der Waals surface area contributed by atoms with Crippen molar-refractivity contribution in [2.75, 3.05) is 26.2 Å². The third-order valence-electron chi connectivity index (χ3n) is 2.56. The molecule has 1 saturated heterocycles. The topological polar surface area (TPSA) is 92.3 Å². The molecule has 1 aromatic carbocycles. The summed E-state index contributed by atoms with van der Waals surface area (Å²) in [5.41, 5.74) is 1.40. The van der Waals surface area contributed by atoms with E-state index in [-0.39, 0.29) is 16.9 Å². The van der Waals surface area contributed by atoms with Crippen LogP contribution in [0.5, 0.6) is 0 Å². The third kappa shape index (κ3) is 3.85. The molecule has 2 rings (SSSR count). The van der Waals surface area contributed by atoms with Crippen LogP contribution in [0.1, 0.15) is 10.4 Å². The van der Waals surface area contributed by atoms with Crippen LogP contribution >= 0.6 is 0 Å². The van der Waals surface area contributed by atoms with E-state index in [0.717, 1.165) is 26.2 Å². The fourth-order valence-corrected chi connectivity index (χ4v) is 1.68. The Hall–Kier alpha value is -1.37. The van der Waals surface area contributed by atoms with E-state index in [1.54, 1.807) is 24.3 Å². The van der Waals surface area contributed by atoms with E-state index in [0.29, 0.717) is 11.0 Å². The van der Waals surface area contributed by atoms with E-state index < -0.39 is 0 Å². The molecule has 0 spiro atoms. The molecule has 1 aliphatic rings. The molecule has 0 bridgehead atoms. The van der Waals surface area contributed by atoms with E-state index in [4.69, 9.17) is 7.85 Å². The number of rotatable bonds is 1. The molecular formula is C11H15BN2O3. The molecule has 0 aromatic heterocycles. The van der Waals surface area contributed by atoms with Gasteiger partial charge in [0.1, 0.15) is 0 Å². The molecule has 0 unspecified atom stereocenters. The van der Waals surface area contributed by atoms with Gasteiger partial charge in [0, 0.05) is 0 Å². The Balaban J connectivity index is 0.00000128. The van der Waals surface area contributed by atoms with Crippen LogP contribution in [-0.4, -0.2) is 55.8 Å². The Morgan fingerprint density at radius 3 is 2.18 bits per heavy atom. The van der Waals surface area contributed by atoms with E-state index in [1.165, 1.54) is 0 Å². The van der Waals surface area contributed by atoms with Crippen molar-refractivity contribution in [3.63, 3.8) is 0 Å². The van der Waals surface area contributed by atoms with Crippen molar-refractivity contribution in [2.24, 2.45) is 0 Å². The second kappa shape index (κ2) is 7.06. The number of hydrogen-bond acceptors (Lipinski definition) is 4. The summed E-state index contributed by atoms with van der Waals surface area (Å²) in [5.74, 6) is 0.0940. The Kier molecular flexibility index (Phi) is 6.49. The number of hydrogen-bond donors (Lipinski definition) is 1. The summed E-state index contributed by atoms with van der Waals surface area (Å²) >= 11 is 0. The quantitative estimate of drug-likeness (QED) is 0.642. The molecule has 90 valence electrons. The van der Waals surface area contributed by atoms with Crippen molar-refractivity contribution in [3.05, 3.63) is 29.8 Å². The maximum Gasteiger partial charge on any atom is -0.870 e. The van der Waals surface area contributed by atoms with Crippen molar-refractivity contribution in [2.45, 2.75) is 0 Å². The van der Waals surface area contributed by atoms with Crippen molar-refractivity contribution < 1.29 is 15.7 Å². The van der Waals surface area contributed by atoms with Gasteiger partial charge in [-0.3, -0.25) is 0 Å². The van der Waals surface area contributed by atoms with Crippen molar-refractivity contribution >= 4 is 19.2 Å². The van der Waals surface area contributed by atoms with Gasteiger partial charge < -0.3 is 11.0 Å². The summed E-state index contributed by atoms with van der Waals surface area (Å²) < 4.78 is 0. The van der Waals surface area contributed by atoms with Gasteiger partial charge in [-0.25, -0.2) is 0 Å². The Morgan fingerprint density at radius 1 is 1.12 bits per heavy atom. The number of carbonyl (C=O) groups excluding carboxylic acids is 1. The zero-order chi connectivity index (χ0) is 10.7. The molecule has 1 aliphatic heterocycles. The fraction of sp³-hybridized carbons (Fsp3) is 0.364. The maximum atomic E-state index is 12.0. The Labute approximate surface area is 102 Å². The van der Waals surface area contributed by atoms with Crippen LogP contribution in [0.3, 0.4) is 0 Å². The van der Waals surface area contributed by atoms with Gasteiger partial charge >= 0.3 is 90.2 Å². The van der Waals surface area contributed by atoms with Gasteiger partial charge in [-0.2, -0.15) is 0 Å². The predicted octanol–water partition coefficient (Wildman–Crippen LogP) is -0.828. The van der Waals surface area contributed by atoms with Crippen LogP contribution in [0.2, 0.25) is 0 Å². The maximum absolute atomic E-state index is 12.0. The van der Waals surface area contributed by atoms with E-state index in [1.807, 2.05) is 4.90 Å². The Morgan fingerprint density at radius 2 is 1.65 bits per heavy atom. The molecule has 17 heavy (non-hydrogen) atoms. The summed E-state index contributed by atoms with van der Waals surface area (Å²) in [5, 5.41) is 3.22. The third-order valence-corrected chi connectivity index (χ3v) is 2.56. The van der Waals surface area contributed by atoms with Gasteiger partial charge in [-0.05, 0) is 0 Å². The minimum absolute atomic E-state index is 0. The number of benzene rings is 1. The molecule has 5 nitrogen and oxygen atoms in total. The number of nitrogens with zero attached hydrogens (tertiary/aromatic N) is 1. The van der Waals surface area contributed by atoms with Gasteiger partial charge in [0.05, 0.1) is 0 Å². The van der Waals surface area contributed by atoms with E-state index >= 15 is 0 Å². The van der Waals surface area contributed by atoms with Crippen LogP contribution in [0.15, 0.2) is 24.3 Å². The van der Waals surface area contributed by atoms with Crippen LogP contribution in [0.25, 0.3) is 0 Å². The minimum atomic E-state index is 0. The van der Waals surface area contributed by atoms with Crippen molar-refractivity contribution in [1.29, 1.82) is 0 Å². The van der Waals surface area contributed by atoms with Crippen LogP contribution < -0.4 is 10.8 Å². The first-order valence-corrected chi connectivity index (χ1v) is 5.13. The van der Waals surface area contributed by atoms with Crippen molar-refractivity contribution in [1.82, 2.24) is 10.2 Å². The van der Waals surface area contributed by atoms with Gasteiger partial charge in [0.15, 0.2) is 0 Å². The average Bonchev–Trinajstić information content (AvgIpc) is 2.30. The van der Waals surface area contributed by atoms with Gasteiger partial charge in [-0.15, -0.1) is 0 Å². The summed E-state index contributed by atoms with van der Waals surface area (Å²) in [6.45, 7) is 3.31. The first-order valence-electron chi connectivity index (χ1n) is 5.13. The first-order chi connectivity index (χ1) is 7.27. The summed E-state index contributed by atoms with van der Waals surface area (Å²) in [7, 11) is 5.57. The molecule has 0 radical (unpaired) electrons. The predicted molar refractivity (Wildman–Crippen MR) is 64.5 cm³/mol. The molecule has 1 amide bonds. The summed E-state index contributed by atoms with van der Waals surface area (Å²) in [6.07, 6.45) is 0. The number of carbonyl (C=O) groups is 1. The van der Waals surface area contributed by atoms with Gasteiger partial charge in [0.25, 0.3) is 0 Å². The summed E-state index contributed by atoms with van der Waals surface area (Å²) in [6, 6.07) is 7.07. The molecule has 1 fully saturated rings. The van der Waals surface area contributed by atoms with Crippen LogP contribution in [0, 0.1) is 0 Å². The van der Waals surface area contributed by atoms with Crippen molar-refractivity contribution in [3.8, 4) is 0 Å². The zero-order valence-electron chi connectivity index (χ0n) is 9.47. The van der Waals surface area contributed by atoms with Crippen LogP contribution in [-0.2, 0) is 0 Å². The monoisotopic (exact) mass is 234 g/mol. The molecule has 3 N–H and O–H groups in total. The largest absolute Gasteiger partial charge is 0.870 e. The smallest absolute Gasteiger partial charge is 0.870 e. The van der Waals surface area contributed by atoms with E-state index in [9.17, 15) is 4.79 Å². The van der Waals surface area contributed by atoms with Crippen LogP contribution in [0.4, 0.5) is 0 Å². The Bertz CT molecular complexity index is 350. The average molecular weight is 234 g/mol. The number of piperazine rings is 1. The molecule has 0 atom stereocenters. The normalized spacial score (nSPS) is 14.6. The first kappa shape index (κ1) is 15.6. The minimum Gasteiger partial charge on any atom is -0.870 e. The molecule has 0 aliphatic carbocycles. The summed E-state index contributed by atoms with van der Waals surface area (Å²) in [4.78, 5) is 13.8. The zero-order valence-corrected chi connectivity index (χ0v) is 9.47. The number of nitrogens with one attached hydrogen (secondary N) is 1. The molecule has 1 heterocycles. The second-order valence-corrected chi connectivity index (χ2v) is 3.66. The molecule has 0 saturated carbocycles. The number of amides is 1. The van der Waals surface area contributed by atoms with Gasteiger partial charge in [0.2, 0.25) is 0 Å². The van der Waals surface area contributed by atoms with Gasteiger partial charge in [-0.1, -0.05) is 0 Å². The standard InChI is InChI=1S/C11H13BN2O.2H2O/c12-10-3-1-9(2-4-10)11(15)14-7-5-13-6-8-14;;/h1-4,13H,5-8H2;2*1H2/q+2;;/p-2. The molecule has 6 heteroatoms. The second-order valence-electron chi connectivity index (χ2n) is 3.66. The molecular weight excluding hydrogens is 219 g/mol. The SMILES string of the molecule is [B+2]c1ccc(C(=O)N2CCNCC2)cc1.[OH-].[OH-]. The fourth-order valence-electron chi connectivity index (χ4n) is 1.68. The van der Waals surface area contributed by atoms with E-state index in [2.05, 4.69) is 5.32 Å².